The molecule has 19 heavy (non-hydrogen) atoms. The van der Waals surface area contributed by atoms with Gasteiger partial charge in [-0.05, 0) is 52.3 Å². The zero-order valence-corrected chi connectivity index (χ0v) is 11.7. The van der Waals surface area contributed by atoms with E-state index in [1.165, 1.54) is 19.2 Å². The normalized spacial score (nSPS) is 10.3. The number of anilines is 1. The van der Waals surface area contributed by atoms with Gasteiger partial charge in [0.15, 0.2) is 17.3 Å². The highest BCUT2D eigenvalue weighted by atomic mass is 79.9. The molecule has 0 bridgehead atoms. The summed E-state index contributed by atoms with van der Waals surface area (Å²) in [7, 11) is 1.37. The molecule has 5 heteroatoms. The lowest BCUT2D eigenvalue weighted by Crippen LogP contribution is -2.04. The highest BCUT2D eigenvalue weighted by molar-refractivity contribution is 9.10. The molecule has 0 spiro atoms. The van der Waals surface area contributed by atoms with Gasteiger partial charge in [-0.25, -0.2) is 4.39 Å². The molecule has 98 valence electrons. The molecule has 0 aliphatic rings. The van der Waals surface area contributed by atoms with Crippen molar-refractivity contribution in [2.45, 2.75) is 0 Å². The van der Waals surface area contributed by atoms with Crippen LogP contribution in [0.3, 0.4) is 0 Å². The van der Waals surface area contributed by atoms with Crippen LogP contribution in [0, 0.1) is 5.82 Å². The Labute approximate surface area is 118 Å². The van der Waals surface area contributed by atoms with Crippen molar-refractivity contribution >= 4 is 27.4 Å². The van der Waals surface area contributed by atoms with Crippen LogP contribution in [0.5, 0.6) is 5.75 Å². The van der Waals surface area contributed by atoms with Crippen LogP contribution in [-0.4, -0.2) is 12.9 Å². The summed E-state index contributed by atoms with van der Waals surface area (Å²) >= 11 is 3.27. The number of hydrogen-bond acceptors (Lipinski definition) is 3. The molecule has 0 heterocycles. The molecule has 2 N–H and O–H groups in total. The lowest BCUT2D eigenvalue weighted by molar-refractivity contribution is 0.103. The molecule has 0 fully saturated rings. The van der Waals surface area contributed by atoms with Gasteiger partial charge in [0, 0.05) is 21.3 Å². The van der Waals surface area contributed by atoms with E-state index in [0.717, 1.165) is 6.07 Å². The molecule has 0 saturated carbocycles. The second-order valence-electron chi connectivity index (χ2n) is 3.92. The standard InChI is InChI=1S/C14H11BrFNO2/c1-19-13-5-2-8(6-12(13)16)14(18)10-4-3-9(17)7-11(10)15/h2-7H,17H2,1H3. The highest BCUT2D eigenvalue weighted by Crippen LogP contribution is 2.25. The summed E-state index contributed by atoms with van der Waals surface area (Å²) in [5.74, 6) is -0.749. The Hall–Kier alpha value is -1.88. The number of hydrogen-bond donors (Lipinski definition) is 1. The quantitative estimate of drug-likeness (QED) is 0.695. The minimum atomic E-state index is -0.570. The summed E-state index contributed by atoms with van der Waals surface area (Å²) in [6, 6.07) is 8.96. The van der Waals surface area contributed by atoms with Gasteiger partial charge in [0.2, 0.25) is 0 Å². The van der Waals surface area contributed by atoms with Crippen LogP contribution in [0.2, 0.25) is 0 Å². The number of rotatable bonds is 3. The third-order valence-corrected chi connectivity index (χ3v) is 3.31. The summed E-state index contributed by atoms with van der Waals surface area (Å²) in [5.41, 5.74) is 6.84. The first kappa shape index (κ1) is 13.5. The summed E-state index contributed by atoms with van der Waals surface area (Å²) in [6.45, 7) is 0. The zero-order valence-electron chi connectivity index (χ0n) is 10.1. The number of ether oxygens (including phenoxy) is 1. The van der Waals surface area contributed by atoms with Gasteiger partial charge >= 0.3 is 0 Å². The third-order valence-electron chi connectivity index (χ3n) is 2.65. The average Bonchev–Trinajstić information content (AvgIpc) is 2.38. The zero-order chi connectivity index (χ0) is 14.0. The van der Waals surface area contributed by atoms with E-state index in [2.05, 4.69) is 15.9 Å². The molecular formula is C14H11BrFNO2. The second kappa shape index (κ2) is 5.40. The molecule has 0 amide bonds. The Morgan fingerprint density at radius 1 is 1.26 bits per heavy atom. The fourth-order valence-electron chi connectivity index (χ4n) is 1.68. The van der Waals surface area contributed by atoms with E-state index in [1.807, 2.05) is 0 Å². The first-order chi connectivity index (χ1) is 9.02. The Morgan fingerprint density at radius 2 is 2.00 bits per heavy atom. The van der Waals surface area contributed by atoms with Crippen LogP contribution in [0.1, 0.15) is 15.9 Å². The van der Waals surface area contributed by atoms with Gasteiger partial charge in [0.1, 0.15) is 0 Å². The summed E-state index contributed by atoms with van der Waals surface area (Å²) < 4.78 is 19.0. The van der Waals surface area contributed by atoms with Gasteiger partial charge in [-0.15, -0.1) is 0 Å². The molecule has 0 radical (unpaired) electrons. The lowest BCUT2D eigenvalue weighted by atomic mass is 10.0. The molecule has 0 aromatic heterocycles. The van der Waals surface area contributed by atoms with E-state index in [1.54, 1.807) is 18.2 Å². The summed E-state index contributed by atoms with van der Waals surface area (Å²) in [4.78, 5) is 12.3. The molecule has 3 nitrogen and oxygen atoms in total. The maximum Gasteiger partial charge on any atom is 0.194 e. The highest BCUT2D eigenvalue weighted by Gasteiger charge is 2.15. The predicted octanol–water partition coefficient (Wildman–Crippen LogP) is 3.41. The van der Waals surface area contributed by atoms with Crippen molar-refractivity contribution in [3.63, 3.8) is 0 Å². The van der Waals surface area contributed by atoms with Crippen LogP contribution in [0.25, 0.3) is 0 Å². The Balaban J connectivity index is 2.41. The van der Waals surface area contributed by atoms with Crippen molar-refractivity contribution in [1.29, 1.82) is 0 Å². The van der Waals surface area contributed by atoms with Crippen LogP contribution in [-0.2, 0) is 0 Å². The van der Waals surface area contributed by atoms with Crippen LogP contribution >= 0.6 is 15.9 Å². The number of methoxy groups -OCH3 is 1. The Kier molecular flexibility index (Phi) is 3.85. The lowest BCUT2D eigenvalue weighted by Gasteiger charge is -2.07. The van der Waals surface area contributed by atoms with Crippen molar-refractivity contribution < 1.29 is 13.9 Å². The summed E-state index contributed by atoms with van der Waals surface area (Å²) in [6.07, 6.45) is 0. The monoisotopic (exact) mass is 323 g/mol. The van der Waals surface area contributed by atoms with Crippen molar-refractivity contribution in [3.05, 3.63) is 57.8 Å². The number of halogens is 2. The molecule has 0 atom stereocenters. The van der Waals surface area contributed by atoms with E-state index >= 15 is 0 Å². The topological polar surface area (TPSA) is 52.3 Å². The number of ketones is 1. The molecule has 0 unspecified atom stereocenters. The minimum absolute atomic E-state index is 0.105. The van der Waals surface area contributed by atoms with E-state index in [-0.39, 0.29) is 17.1 Å². The Bertz CT molecular complexity index is 643. The third kappa shape index (κ3) is 2.76. The van der Waals surface area contributed by atoms with Crippen molar-refractivity contribution in [2.75, 3.05) is 12.8 Å². The number of nitrogen functional groups attached to an aromatic ring is 1. The number of benzene rings is 2. The Morgan fingerprint density at radius 3 is 2.58 bits per heavy atom. The van der Waals surface area contributed by atoms with E-state index < -0.39 is 5.82 Å². The van der Waals surface area contributed by atoms with Gasteiger partial charge in [0.05, 0.1) is 7.11 Å². The molecular weight excluding hydrogens is 313 g/mol. The first-order valence-corrected chi connectivity index (χ1v) is 6.25. The molecule has 2 aromatic rings. The SMILES string of the molecule is COc1ccc(C(=O)c2ccc(N)cc2Br)cc1F. The minimum Gasteiger partial charge on any atom is -0.494 e. The van der Waals surface area contributed by atoms with Gasteiger partial charge in [-0.3, -0.25) is 4.79 Å². The molecule has 0 saturated heterocycles. The van der Waals surface area contributed by atoms with Crippen LogP contribution in [0.15, 0.2) is 40.9 Å². The van der Waals surface area contributed by atoms with Gasteiger partial charge in [-0.1, -0.05) is 0 Å². The average molecular weight is 324 g/mol. The van der Waals surface area contributed by atoms with Gasteiger partial charge in [0.25, 0.3) is 0 Å². The second-order valence-corrected chi connectivity index (χ2v) is 4.77. The van der Waals surface area contributed by atoms with Crippen molar-refractivity contribution in [3.8, 4) is 5.75 Å². The summed E-state index contributed by atoms with van der Waals surface area (Å²) in [5, 5.41) is 0. The van der Waals surface area contributed by atoms with E-state index in [4.69, 9.17) is 10.5 Å². The van der Waals surface area contributed by atoms with Crippen molar-refractivity contribution in [2.24, 2.45) is 0 Å². The smallest absolute Gasteiger partial charge is 0.194 e. The van der Waals surface area contributed by atoms with Crippen LogP contribution < -0.4 is 10.5 Å². The van der Waals surface area contributed by atoms with Crippen LogP contribution in [0.4, 0.5) is 10.1 Å². The maximum absolute atomic E-state index is 13.6. The maximum atomic E-state index is 13.6. The predicted molar refractivity (Wildman–Crippen MR) is 74.9 cm³/mol. The van der Waals surface area contributed by atoms with Gasteiger partial charge in [-0.2, -0.15) is 0 Å². The van der Waals surface area contributed by atoms with Gasteiger partial charge < -0.3 is 10.5 Å². The molecule has 2 rings (SSSR count). The molecule has 0 aliphatic carbocycles. The first-order valence-electron chi connectivity index (χ1n) is 5.46. The molecule has 0 aliphatic heterocycles. The largest absolute Gasteiger partial charge is 0.494 e. The fraction of sp³-hybridized carbons (Fsp3) is 0.0714. The molecule has 2 aromatic carbocycles. The number of carbonyl (C=O) groups excluding carboxylic acids is 1. The van der Waals surface area contributed by atoms with E-state index in [9.17, 15) is 9.18 Å². The van der Waals surface area contributed by atoms with Crippen molar-refractivity contribution in [1.82, 2.24) is 0 Å². The number of carbonyl (C=O) groups is 1. The fourth-order valence-corrected chi connectivity index (χ4v) is 2.26. The number of nitrogens with two attached hydrogens (primary N) is 1. The van der Waals surface area contributed by atoms with E-state index in [0.29, 0.717) is 15.7 Å².